The minimum absolute atomic E-state index is 0.338. The summed E-state index contributed by atoms with van der Waals surface area (Å²) in [5.74, 6) is 0.383. The summed E-state index contributed by atoms with van der Waals surface area (Å²) in [7, 11) is 0. The molecule has 0 spiro atoms. The summed E-state index contributed by atoms with van der Waals surface area (Å²) in [5.41, 5.74) is 6.13. The van der Waals surface area contributed by atoms with E-state index < -0.39 is 0 Å². The fourth-order valence-corrected chi connectivity index (χ4v) is 3.77. The maximum absolute atomic E-state index is 9.41. The molecule has 0 N–H and O–H groups in total. The summed E-state index contributed by atoms with van der Waals surface area (Å²) in [4.78, 5) is 0. The van der Waals surface area contributed by atoms with Gasteiger partial charge in [0.05, 0.1) is 5.52 Å². The molecular formula is C17H16N3. The molecule has 2 heterocycles. The predicted octanol–water partition coefficient (Wildman–Crippen LogP) is 2.85. The van der Waals surface area contributed by atoms with Crippen molar-refractivity contribution in [2.45, 2.75) is 32.2 Å². The van der Waals surface area contributed by atoms with Gasteiger partial charge in [0.25, 0.3) is 0 Å². The molecule has 20 heavy (non-hydrogen) atoms. The van der Waals surface area contributed by atoms with Crippen LogP contribution in [0.4, 0.5) is 0 Å². The molecule has 99 valence electrons. The smallest absolute Gasteiger partial charge is 0.189 e. The monoisotopic (exact) mass is 262 g/mol. The molecule has 0 fully saturated rings. The van der Waals surface area contributed by atoms with Crippen molar-refractivity contribution < 1.29 is 0 Å². The van der Waals surface area contributed by atoms with Crippen molar-refractivity contribution in [3.8, 4) is 6.19 Å². The summed E-state index contributed by atoms with van der Waals surface area (Å²) < 4.78 is 1.77. The number of nitrogens with zero attached hydrogens (tertiary/aromatic N) is 3. The van der Waals surface area contributed by atoms with Gasteiger partial charge in [-0.3, -0.25) is 4.57 Å². The second kappa shape index (κ2) is 3.97. The molecular weight excluding hydrogens is 246 g/mol. The largest absolute Gasteiger partial charge is 0.251 e. The van der Waals surface area contributed by atoms with Crippen LogP contribution >= 0.6 is 0 Å². The number of hydrogen-bond donors (Lipinski definition) is 0. The number of nitriles is 1. The van der Waals surface area contributed by atoms with Gasteiger partial charge in [0.15, 0.2) is 6.19 Å². The molecule has 2 aromatic rings. The summed E-state index contributed by atoms with van der Waals surface area (Å²) >= 11 is 0. The van der Waals surface area contributed by atoms with Gasteiger partial charge in [0.2, 0.25) is 0 Å². The average Bonchev–Trinajstić information content (AvgIpc) is 2.73. The van der Waals surface area contributed by atoms with E-state index in [2.05, 4.69) is 37.4 Å². The van der Waals surface area contributed by atoms with Crippen LogP contribution in [0.3, 0.4) is 0 Å². The molecule has 1 radical (unpaired) electrons. The molecule has 0 saturated heterocycles. The fourth-order valence-electron chi connectivity index (χ4n) is 3.77. The molecule has 4 rings (SSSR count). The Morgan fingerprint density at radius 3 is 3.00 bits per heavy atom. The molecule has 3 nitrogen and oxygen atoms in total. The first-order valence-corrected chi connectivity index (χ1v) is 7.07. The number of hydrogen-bond acceptors (Lipinski definition) is 1. The normalized spacial score (nSPS) is 24.1. The van der Waals surface area contributed by atoms with Gasteiger partial charge in [0, 0.05) is 29.6 Å². The van der Waals surface area contributed by atoms with E-state index in [0.29, 0.717) is 12.0 Å². The molecule has 1 aromatic carbocycles. The van der Waals surface area contributed by atoms with E-state index in [0.717, 1.165) is 24.2 Å². The molecule has 2 atom stereocenters. The first kappa shape index (κ1) is 11.7. The van der Waals surface area contributed by atoms with Crippen LogP contribution in [0.2, 0.25) is 0 Å². The van der Waals surface area contributed by atoms with Crippen molar-refractivity contribution in [1.29, 1.82) is 5.26 Å². The molecule has 1 aromatic heterocycles. The van der Waals surface area contributed by atoms with E-state index in [-0.39, 0.29) is 0 Å². The molecule has 1 aliphatic carbocycles. The van der Waals surface area contributed by atoms with Gasteiger partial charge in [-0.2, -0.15) is 5.26 Å². The highest BCUT2D eigenvalue weighted by Gasteiger charge is 2.34. The fraction of sp³-hybridized carbons (Fsp3) is 0.353. The van der Waals surface area contributed by atoms with Crippen molar-refractivity contribution in [2.75, 3.05) is 6.54 Å². The molecule has 2 aliphatic rings. The Morgan fingerprint density at radius 1 is 1.35 bits per heavy atom. The zero-order chi connectivity index (χ0) is 13.9. The summed E-state index contributed by atoms with van der Waals surface area (Å²) in [6, 6.07) is 6.66. The molecule has 3 heteroatoms. The van der Waals surface area contributed by atoms with Crippen LogP contribution in [0.15, 0.2) is 29.8 Å². The average molecular weight is 262 g/mol. The van der Waals surface area contributed by atoms with Gasteiger partial charge in [-0.15, -0.1) is 0 Å². The maximum Gasteiger partial charge on any atom is 0.189 e. The predicted molar refractivity (Wildman–Crippen MR) is 78.7 cm³/mol. The third-order valence-electron chi connectivity index (χ3n) is 4.72. The number of fused-ring (bicyclic) bond motifs is 2. The Hall–Kier alpha value is -2.05. The summed E-state index contributed by atoms with van der Waals surface area (Å²) in [6.45, 7) is 5.05. The number of aromatic nitrogens is 1. The molecule has 0 saturated carbocycles. The molecule has 1 aliphatic heterocycles. The van der Waals surface area contributed by atoms with Crippen molar-refractivity contribution in [1.82, 2.24) is 9.88 Å². The lowest BCUT2D eigenvalue weighted by atomic mass is 9.77. The highest BCUT2D eigenvalue weighted by molar-refractivity contribution is 5.91. The van der Waals surface area contributed by atoms with E-state index in [9.17, 15) is 5.26 Å². The van der Waals surface area contributed by atoms with E-state index >= 15 is 0 Å². The third kappa shape index (κ3) is 1.37. The zero-order valence-corrected chi connectivity index (χ0v) is 11.7. The second-order valence-electron chi connectivity index (χ2n) is 5.89. The topological polar surface area (TPSA) is 42.8 Å². The van der Waals surface area contributed by atoms with Crippen LogP contribution in [0.1, 0.15) is 29.7 Å². The third-order valence-corrected chi connectivity index (χ3v) is 4.72. The van der Waals surface area contributed by atoms with Crippen molar-refractivity contribution in [3.05, 3.63) is 46.7 Å². The minimum atomic E-state index is 0.338. The van der Waals surface area contributed by atoms with Crippen molar-refractivity contribution in [2.24, 2.45) is 0 Å². The van der Waals surface area contributed by atoms with Crippen LogP contribution in [0, 0.1) is 18.4 Å². The first-order valence-electron chi connectivity index (χ1n) is 7.07. The zero-order valence-electron chi connectivity index (χ0n) is 11.7. The lowest BCUT2D eigenvalue weighted by Gasteiger charge is -2.33. The summed E-state index contributed by atoms with van der Waals surface area (Å²) in [5, 5.41) is 15.5. The first-order chi connectivity index (χ1) is 9.70. The number of rotatable bonds is 0. The van der Waals surface area contributed by atoms with Crippen LogP contribution in [0.25, 0.3) is 10.9 Å². The van der Waals surface area contributed by atoms with Gasteiger partial charge >= 0.3 is 0 Å². The van der Waals surface area contributed by atoms with Crippen LogP contribution in [0.5, 0.6) is 0 Å². The SMILES string of the molecule is CC1=C[C@@H]2c3cccc4c3c(c(C)n4C#N)C[C@H]2[N]C1. The lowest BCUT2D eigenvalue weighted by molar-refractivity contribution is 0.452. The Kier molecular flexibility index (Phi) is 2.33. The minimum Gasteiger partial charge on any atom is -0.251 e. The lowest BCUT2D eigenvalue weighted by Crippen LogP contribution is -2.37. The van der Waals surface area contributed by atoms with Crippen molar-refractivity contribution >= 4 is 10.9 Å². The van der Waals surface area contributed by atoms with E-state index in [1.54, 1.807) is 4.57 Å². The number of benzene rings is 1. The Morgan fingerprint density at radius 2 is 2.20 bits per heavy atom. The van der Waals surface area contributed by atoms with E-state index in [4.69, 9.17) is 5.32 Å². The highest BCUT2D eigenvalue weighted by Crippen LogP contribution is 2.42. The van der Waals surface area contributed by atoms with Crippen LogP contribution < -0.4 is 5.32 Å². The van der Waals surface area contributed by atoms with Gasteiger partial charge in [-0.05, 0) is 37.5 Å². The van der Waals surface area contributed by atoms with Gasteiger partial charge in [0.1, 0.15) is 0 Å². The van der Waals surface area contributed by atoms with Gasteiger partial charge < -0.3 is 0 Å². The molecule has 0 amide bonds. The molecule has 0 bridgehead atoms. The quantitative estimate of drug-likeness (QED) is 0.673. The van der Waals surface area contributed by atoms with Gasteiger partial charge in [-0.1, -0.05) is 23.8 Å². The Balaban J connectivity index is 2.07. The van der Waals surface area contributed by atoms with Crippen LogP contribution in [-0.2, 0) is 6.42 Å². The Labute approximate surface area is 118 Å². The second-order valence-corrected chi connectivity index (χ2v) is 5.89. The van der Waals surface area contributed by atoms with E-state index in [1.807, 2.05) is 6.92 Å². The standard InChI is InChI=1S/C17H16N3/c1-10-6-14-12-4-3-5-16-17(12)13(7-15(14)19-8-10)11(2)20(16)9-18/h3-6,14-15H,7-8H2,1-2H3/t14-,15-/m1/s1. The van der Waals surface area contributed by atoms with E-state index in [1.165, 1.54) is 22.1 Å². The van der Waals surface area contributed by atoms with Crippen molar-refractivity contribution in [3.63, 3.8) is 0 Å². The summed E-state index contributed by atoms with van der Waals surface area (Å²) in [6.07, 6.45) is 5.64. The van der Waals surface area contributed by atoms with Gasteiger partial charge in [-0.25, -0.2) is 5.32 Å². The van der Waals surface area contributed by atoms with Crippen LogP contribution in [-0.4, -0.2) is 17.2 Å². The molecule has 0 unspecified atom stereocenters. The maximum atomic E-state index is 9.41. The Bertz CT molecular complexity index is 789. The highest BCUT2D eigenvalue weighted by atomic mass is 15.0.